The Bertz CT molecular complexity index is 500. The van der Waals surface area contributed by atoms with Gasteiger partial charge in [-0.15, -0.1) is 0 Å². The summed E-state index contributed by atoms with van der Waals surface area (Å²) < 4.78 is 12.1. The van der Waals surface area contributed by atoms with Crippen molar-refractivity contribution in [3.63, 3.8) is 0 Å². The average molecular weight is 349 g/mol. The molecule has 0 saturated heterocycles. The minimum absolute atomic E-state index is 0.0738. The SMILES string of the molecule is CC(C)OC(Oc1ccc(C(CC(C)(C)C)C(C)C)cc1)C(C)(C)C. The molecule has 144 valence electrons. The van der Waals surface area contributed by atoms with Gasteiger partial charge in [0.05, 0.1) is 6.10 Å². The van der Waals surface area contributed by atoms with Gasteiger partial charge >= 0.3 is 0 Å². The number of hydrogen-bond acceptors (Lipinski definition) is 2. The number of rotatable bonds is 7. The molecule has 2 nitrogen and oxygen atoms in total. The van der Waals surface area contributed by atoms with E-state index < -0.39 is 0 Å². The van der Waals surface area contributed by atoms with Crippen LogP contribution < -0.4 is 4.74 Å². The Morgan fingerprint density at radius 1 is 0.840 bits per heavy atom. The molecule has 0 radical (unpaired) electrons. The van der Waals surface area contributed by atoms with E-state index in [9.17, 15) is 0 Å². The van der Waals surface area contributed by atoms with Gasteiger partial charge in [-0.3, -0.25) is 0 Å². The van der Waals surface area contributed by atoms with Crippen LogP contribution in [0.15, 0.2) is 24.3 Å². The maximum Gasteiger partial charge on any atom is 0.204 e. The van der Waals surface area contributed by atoms with Crippen LogP contribution in [0.4, 0.5) is 0 Å². The molecule has 0 fully saturated rings. The minimum Gasteiger partial charge on any atom is -0.464 e. The molecule has 1 aromatic carbocycles. The summed E-state index contributed by atoms with van der Waals surface area (Å²) in [5, 5.41) is 0. The second-order valence-electron chi connectivity index (χ2n) is 10.2. The minimum atomic E-state index is -0.256. The lowest BCUT2D eigenvalue weighted by Gasteiger charge is -2.32. The third-order valence-corrected chi connectivity index (χ3v) is 4.29. The molecule has 0 aliphatic rings. The summed E-state index contributed by atoms with van der Waals surface area (Å²) in [7, 11) is 0. The van der Waals surface area contributed by atoms with E-state index >= 15 is 0 Å². The van der Waals surface area contributed by atoms with Crippen LogP contribution in [-0.2, 0) is 4.74 Å². The Morgan fingerprint density at radius 3 is 1.72 bits per heavy atom. The van der Waals surface area contributed by atoms with Crippen molar-refractivity contribution in [1.29, 1.82) is 0 Å². The zero-order chi connectivity index (χ0) is 19.4. The van der Waals surface area contributed by atoms with E-state index in [1.165, 1.54) is 12.0 Å². The molecule has 0 heterocycles. The fourth-order valence-corrected chi connectivity index (χ4v) is 2.97. The van der Waals surface area contributed by atoms with Crippen LogP contribution in [-0.4, -0.2) is 12.4 Å². The molecular weight excluding hydrogens is 308 g/mol. The summed E-state index contributed by atoms with van der Waals surface area (Å²) in [5.74, 6) is 2.07. The van der Waals surface area contributed by atoms with Crippen LogP contribution in [0.25, 0.3) is 0 Å². The van der Waals surface area contributed by atoms with Crippen molar-refractivity contribution in [3.05, 3.63) is 29.8 Å². The molecule has 0 amide bonds. The van der Waals surface area contributed by atoms with Crippen LogP contribution in [0.3, 0.4) is 0 Å². The molecule has 2 atom stereocenters. The highest BCUT2D eigenvalue weighted by atomic mass is 16.7. The Balaban J connectivity index is 2.93. The van der Waals surface area contributed by atoms with Gasteiger partial charge in [0.15, 0.2) is 0 Å². The van der Waals surface area contributed by atoms with Crippen molar-refractivity contribution in [3.8, 4) is 5.75 Å². The molecule has 25 heavy (non-hydrogen) atoms. The molecule has 0 spiro atoms. The van der Waals surface area contributed by atoms with Crippen LogP contribution >= 0.6 is 0 Å². The topological polar surface area (TPSA) is 18.5 Å². The maximum absolute atomic E-state index is 6.16. The summed E-state index contributed by atoms with van der Waals surface area (Å²) in [4.78, 5) is 0. The summed E-state index contributed by atoms with van der Waals surface area (Å²) in [6.07, 6.45) is 1.07. The molecule has 0 aliphatic carbocycles. The van der Waals surface area contributed by atoms with Gasteiger partial charge in [0.2, 0.25) is 6.29 Å². The molecule has 0 N–H and O–H groups in total. The van der Waals surface area contributed by atoms with Gasteiger partial charge < -0.3 is 9.47 Å². The second kappa shape index (κ2) is 8.58. The fourth-order valence-electron chi connectivity index (χ4n) is 2.97. The molecular formula is C23H40O2. The predicted molar refractivity (Wildman–Crippen MR) is 108 cm³/mol. The molecule has 1 aromatic rings. The summed E-state index contributed by atoms with van der Waals surface area (Å²) in [5.41, 5.74) is 1.65. The van der Waals surface area contributed by atoms with E-state index in [2.05, 4.69) is 79.7 Å². The highest BCUT2D eigenvalue weighted by molar-refractivity contribution is 5.30. The Labute approximate surface area is 156 Å². The molecule has 0 saturated carbocycles. The quantitative estimate of drug-likeness (QED) is 0.492. The van der Waals surface area contributed by atoms with E-state index in [4.69, 9.17) is 9.47 Å². The molecule has 2 unspecified atom stereocenters. The van der Waals surface area contributed by atoms with Crippen molar-refractivity contribution < 1.29 is 9.47 Å². The number of ether oxygens (including phenoxy) is 2. The second-order valence-corrected chi connectivity index (χ2v) is 10.2. The van der Waals surface area contributed by atoms with Crippen molar-refractivity contribution in [1.82, 2.24) is 0 Å². The third-order valence-electron chi connectivity index (χ3n) is 4.29. The van der Waals surface area contributed by atoms with Crippen molar-refractivity contribution >= 4 is 0 Å². The first-order valence-electron chi connectivity index (χ1n) is 9.71. The average Bonchev–Trinajstić information content (AvgIpc) is 2.42. The lowest BCUT2D eigenvalue weighted by atomic mass is 9.76. The lowest BCUT2D eigenvalue weighted by molar-refractivity contribution is -0.162. The lowest BCUT2D eigenvalue weighted by Crippen LogP contribution is -2.36. The zero-order valence-electron chi connectivity index (χ0n) is 18.1. The predicted octanol–water partition coefficient (Wildman–Crippen LogP) is 7.04. The molecule has 0 aliphatic heterocycles. The van der Waals surface area contributed by atoms with Gasteiger partial charge in [-0.2, -0.15) is 0 Å². The van der Waals surface area contributed by atoms with Crippen molar-refractivity contribution in [2.24, 2.45) is 16.7 Å². The Kier molecular flexibility index (Phi) is 7.55. The summed E-state index contributed by atoms with van der Waals surface area (Å²) in [6, 6.07) is 8.63. The smallest absolute Gasteiger partial charge is 0.204 e. The summed E-state index contributed by atoms with van der Waals surface area (Å²) in [6.45, 7) is 22.1. The van der Waals surface area contributed by atoms with Crippen molar-refractivity contribution in [2.45, 2.75) is 94.0 Å². The highest BCUT2D eigenvalue weighted by Gasteiger charge is 2.29. The number of benzene rings is 1. The van der Waals surface area contributed by atoms with Gasteiger partial charge in [-0.1, -0.05) is 67.5 Å². The van der Waals surface area contributed by atoms with Crippen LogP contribution in [0, 0.1) is 16.7 Å². The summed E-state index contributed by atoms with van der Waals surface area (Å²) >= 11 is 0. The Hall–Kier alpha value is -1.02. The van der Waals surface area contributed by atoms with Gasteiger partial charge in [-0.05, 0) is 55.2 Å². The van der Waals surface area contributed by atoms with E-state index in [0.717, 1.165) is 5.75 Å². The maximum atomic E-state index is 6.16. The molecule has 0 aromatic heterocycles. The monoisotopic (exact) mass is 348 g/mol. The largest absolute Gasteiger partial charge is 0.464 e. The first-order valence-corrected chi connectivity index (χ1v) is 9.71. The van der Waals surface area contributed by atoms with E-state index in [1.807, 2.05) is 13.8 Å². The standard InChI is InChI=1S/C23H40O2/c1-16(2)20(15-22(5,6)7)18-11-13-19(14-12-18)25-21(23(8,9)10)24-17(3)4/h11-14,16-17,20-21H,15H2,1-10H3. The van der Waals surface area contributed by atoms with Gasteiger partial charge in [0, 0.05) is 5.41 Å². The molecule has 0 bridgehead atoms. The van der Waals surface area contributed by atoms with Gasteiger partial charge in [0.25, 0.3) is 0 Å². The van der Waals surface area contributed by atoms with Crippen LogP contribution in [0.2, 0.25) is 0 Å². The first kappa shape index (κ1) is 22.0. The fraction of sp³-hybridized carbons (Fsp3) is 0.739. The number of hydrogen-bond donors (Lipinski definition) is 0. The van der Waals surface area contributed by atoms with E-state index in [1.54, 1.807) is 0 Å². The van der Waals surface area contributed by atoms with Crippen molar-refractivity contribution in [2.75, 3.05) is 0 Å². The van der Waals surface area contributed by atoms with E-state index in [0.29, 0.717) is 17.3 Å². The van der Waals surface area contributed by atoms with Crippen LogP contribution in [0.1, 0.15) is 87.1 Å². The van der Waals surface area contributed by atoms with Crippen LogP contribution in [0.5, 0.6) is 5.75 Å². The third kappa shape index (κ3) is 7.81. The molecule has 1 rings (SSSR count). The normalized spacial score (nSPS) is 15.5. The van der Waals surface area contributed by atoms with Gasteiger partial charge in [0.1, 0.15) is 5.75 Å². The molecule has 2 heteroatoms. The zero-order valence-corrected chi connectivity index (χ0v) is 18.1. The highest BCUT2D eigenvalue weighted by Crippen LogP contribution is 2.37. The Morgan fingerprint density at radius 2 is 1.36 bits per heavy atom. The van der Waals surface area contributed by atoms with E-state index in [-0.39, 0.29) is 17.8 Å². The van der Waals surface area contributed by atoms with Gasteiger partial charge in [-0.25, -0.2) is 0 Å². The first-order chi connectivity index (χ1) is 11.3.